The van der Waals surface area contributed by atoms with Crippen molar-refractivity contribution in [1.29, 1.82) is 0 Å². The maximum absolute atomic E-state index is 11.9. The molecule has 0 spiro atoms. The Kier molecular flexibility index (Phi) is 4.33. The van der Waals surface area contributed by atoms with Crippen LogP contribution < -0.4 is 4.74 Å². The van der Waals surface area contributed by atoms with E-state index >= 15 is 0 Å². The van der Waals surface area contributed by atoms with Crippen LogP contribution in [0.25, 0.3) is 11.5 Å². The van der Waals surface area contributed by atoms with E-state index in [4.69, 9.17) is 13.9 Å². The molecule has 0 fully saturated rings. The van der Waals surface area contributed by atoms with E-state index in [1.54, 1.807) is 31.4 Å². The molecule has 0 radical (unpaired) electrons. The minimum Gasteiger partial charge on any atom is -0.497 e. The molecule has 3 rings (SSSR count). The summed E-state index contributed by atoms with van der Waals surface area (Å²) >= 11 is 0. The first-order valence-corrected chi connectivity index (χ1v) is 6.95. The van der Waals surface area contributed by atoms with Gasteiger partial charge in [0.2, 0.25) is 5.89 Å². The monoisotopic (exact) mass is 310 g/mol. The molecule has 0 aliphatic heterocycles. The molecule has 0 bridgehead atoms. The number of hydrogen-bond acceptors (Lipinski definition) is 6. The number of carbonyl (C=O) groups excluding carboxylic acids is 1. The summed E-state index contributed by atoms with van der Waals surface area (Å²) in [6.07, 6.45) is 0. The highest BCUT2D eigenvalue weighted by Gasteiger charge is 2.12. The molecule has 0 atom stereocenters. The van der Waals surface area contributed by atoms with Crippen LogP contribution in [0.5, 0.6) is 5.75 Å². The Morgan fingerprint density at radius 1 is 1.04 bits per heavy atom. The van der Waals surface area contributed by atoms with Crippen molar-refractivity contribution >= 4 is 5.97 Å². The summed E-state index contributed by atoms with van der Waals surface area (Å²) in [5.74, 6) is 0.838. The van der Waals surface area contributed by atoms with Crippen molar-refractivity contribution in [3.05, 3.63) is 66.1 Å². The van der Waals surface area contributed by atoms with E-state index in [0.29, 0.717) is 17.2 Å². The molecule has 0 aliphatic rings. The van der Waals surface area contributed by atoms with E-state index in [1.165, 1.54) is 0 Å². The lowest BCUT2D eigenvalue weighted by molar-refractivity contribution is 0.0438. The van der Waals surface area contributed by atoms with Crippen LogP contribution in [0.3, 0.4) is 0 Å². The van der Waals surface area contributed by atoms with Crippen LogP contribution in [-0.2, 0) is 11.3 Å². The third-order valence-electron chi connectivity index (χ3n) is 3.14. The van der Waals surface area contributed by atoms with Gasteiger partial charge in [0.15, 0.2) is 6.61 Å². The van der Waals surface area contributed by atoms with Gasteiger partial charge in [0.25, 0.3) is 5.89 Å². The van der Waals surface area contributed by atoms with Gasteiger partial charge in [-0.2, -0.15) is 0 Å². The zero-order valence-electron chi connectivity index (χ0n) is 12.4. The molecule has 0 saturated heterocycles. The lowest BCUT2D eigenvalue weighted by atomic mass is 10.2. The highest BCUT2D eigenvalue weighted by molar-refractivity contribution is 5.89. The van der Waals surface area contributed by atoms with E-state index in [1.807, 2.05) is 30.3 Å². The normalized spacial score (nSPS) is 10.3. The summed E-state index contributed by atoms with van der Waals surface area (Å²) in [4.78, 5) is 11.9. The largest absolute Gasteiger partial charge is 0.497 e. The number of carbonyl (C=O) groups is 1. The average Bonchev–Trinajstić information content (AvgIpc) is 3.09. The molecule has 6 heteroatoms. The van der Waals surface area contributed by atoms with Crippen molar-refractivity contribution in [2.24, 2.45) is 0 Å². The maximum atomic E-state index is 11.9. The molecule has 3 aromatic rings. The second-order valence-electron chi connectivity index (χ2n) is 4.67. The first kappa shape index (κ1) is 14.8. The molecular weight excluding hydrogens is 296 g/mol. The predicted molar refractivity (Wildman–Crippen MR) is 81.8 cm³/mol. The van der Waals surface area contributed by atoms with Gasteiger partial charge in [0, 0.05) is 5.56 Å². The molecule has 0 unspecified atom stereocenters. The van der Waals surface area contributed by atoms with Gasteiger partial charge in [-0.3, -0.25) is 0 Å². The van der Waals surface area contributed by atoms with Gasteiger partial charge < -0.3 is 13.9 Å². The molecule has 116 valence electrons. The molecule has 6 nitrogen and oxygen atoms in total. The summed E-state index contributed by atoms with van der Waals surface area (Å²) in [6, 6.07) is 16.0. The van der Waals surface area contributed by atoms with Crippen LogP contribution in [0.4, 0.5) is 0 Å². The van der Waals surface area contributed by atoms with Crippen LogP contribution in [0, 0.1) is 0 Å². The van der Waals surface area contributed by atoms with Crippen LogP contribution >= 0.6 is 0 Å². The summed E-state index contributed by atoms with van der Waals surface area (Å²) in [7, 11) is 1.56. The predicted octanol–water partition coefficient (Wildman–Crippen LogP) is 3.10. The molecule has 0 saturated carbocycles. The van der Waals surface area contributed by atoms with Crippen LogP contribution in [-0.4, -0.2) is 23.3 Å². The topological polar surface area (TPSA) is 74.5 Å². The molecule has 0 amide bonds. The van der Waals surface area contributed by atoms with Gasteiger partial charge >= 0.3 is 5.97 Å². The Balaban J connectivity index is 1.62. The van der Waals surface area contributed by atoms with E-state index in [0.717, 1.165) is 5.56 Å². The lowest BCUT2D eigenvalue weighted by Crippen LogP contribution is -2.05. The Bertz CT molecular complexity index is 782. The number of esters is 1. The summed E-state index contributed by atoms with van der Waals surface area (Å²) in [5, 5.41) is 7.81. The number of hydrogen-bond donors (Lipinski definition) is 0. The highest BCUT2D eigenvalue weighted by Crippen LogP contribution is 2.18. The van der Waals surface area contributed by atoms with E-state index in [-0.39, 0.29) is 12.5 Å². The molecule has 1 heterocycles. The van der Waals surface area contributed by atoms with Crippen molar-refractivity contribution in [2.45, 2.75) is 6.61 Å². The van der Waals surface area contributed by atoms with Gasteiger partial charge in [-0.05, 0) is 36.4 Å². The fraction of sp³-hybridized carbons (Fsp3) is 0.118. The number of rotatable bonds is 5. The zero-order valence-corrected chi connectivity index (χ0v) is 12.4. The van der Waals surface area contributed by atoms with Gasteiger partial charge in [0.1, 0.15) is 5.75 Å². The van der Waals surface area contributed by atoms with Gasteiger partial charge in [0.05, 0.1) is 12.7 Å². The zero-order chi connectivity index (χ0) is 16.1. The second kappa shape index (κ2) is 6.74. The number of aromatic nitrogens is 2. The summed E-state index contributed by atoms with van der Waals surface area (Å²) in [5.41, 5.74) is 1.24. The molecule has 0 N–H and O–H groups in total. The first-order chi connectivity index (χ1) is 11.3. The second-order valence-corrected chi connectivity index (χ2v) is 4.67. The molecule has 2 aromatic carbocycles. The molecule has 1 aromatic heterocycles. The number of benzene rings is 2. The maximum Gasteiger partial charge on any atom is 0.338 e. The van der Waals surface area contributed by atoms with Gasteiger partial charge in [-0.1, -0.05) is 18.2 Å². The Labute approximate surface area is 132 Å². The minimum atomic E-state index is -0.466. The Hall–Kier alpha value is -3.15. The lowest BCUT2D eigenvalue weighted by Gasteiger charge is -2.03. The first-order valence-electron chi connectivity index (χ1n) is 6.95. The van der Waals surface area contributed by atoms with E-state index in [2.05, 4.69) is 10.2 Å². The standard InChI is InChI=1S/C17H14N2O4/c1-21-14-9-7-13(8-10-14)17(20)22-11-15-18-19-16(23-15)12-5-3-2-4-6-12/h2-10H,11H2,1H3. The van der Waals surface area contributed by atoms with Crippen molar-refractivity contribution in [3.63, 3.8) is 0 Å². The van der Waals surface area contributed by atoms with Crippen molar-refractivity contribution in [1.82, 2.24) is 10.2 Å². The molecule has 23 heavy (non-hydrogen) atoms. The average molecular weight is 310 g/mol. The van der Waals surface area contributed by atoms with Gasteiger partial charge in [-0.15, -0.1) is 10.2 Å². The van der Waals surface area contributed by atoms with Crippen LogP contribution in [0.2, 0.25) is 0 Å². The van der Waals surface area contributed by atoms with Crippen molar-refractivity contribution in [3.8, 4) is 17.2 Å². The summed E-state index contributed by atoms with van der Waals surface area (Å²) in [6.45, 7) is -0.0787. The van der Waals surface area contributed by atoms with Crippen LogP contribution in [0.1, 0.15) is 16.2 Å². The molecular formula is C17H14N2O4. The van der Waals surface area contributed by atoms with Crippen LogP contribution in [0.15, 0.2) is 59.0 Å². The molecule has 0 aliphatic carbocycles. The minimum absolute atomic E-state index is 0.0787. The van der Waals surface area contributed by atoms with Crippen molar-refractivity contribution < 1.29 is 18.7 Å². The number of methoxy groups -OCH3 is 1. The summed E-state index contributed by atoms with van der Waals surface area (Å²) < 4.78 is 15.7. The van der Waals surface area contributed by atoms with Gasteiger partial charge in [-0.25, -0.2) is 4.79 Å². The van der Waals surface area contributed by atoms with Crippen molar-refractivity contribution in [2.75, 3.05) is 7.11 Å². The number of nitrogens with zero attached hydrogens (tertiary/aromatic N) is 2. The third kappa shape index (κ3) is 3.55. The fourth-order valence-electron chi connectivity index (χ4n) is 1.95. The fourth-order valence-corrected chi connectivity index (χ4v) is 1.95. The smallest absolute Gasteiger partial charge is 0.338 e. The van der Waals surface area contributed by atoms with E-state index in [9.17, 15) is 4.79 Å². The SMILES string of the molecule is COc1ccc(C(=O)OCc2nnc(-c3ccccc3)o2)cc1. The Morgan fingerprint density at radius 2 is 1.78 bits per heavy atom. The quantitative estimate of drug-likeness (QED) is 0.674. The third-order valence-corrected chi connectivity index (χ3v) is 3.14. The highest BCUT2D eigenvalue weighted by atomic mass is 16.5. The van der Waals surface area contributed by atoms with E-state index < -0.39 is 5.97 Å². The Morgan fingerprint density at radius 3 is 2.48 bits per heavy atom. The number of ether oxygens (including phenoxy) is 2.